The van der Waals surface area contributed by atoms with E-state index in [4.69, 9.17) is 0 Å². The molecule has 0 saturated heterocycles. The maximum atomic E-state index is 12.0. The fourth-order valence-electron chi connectivity index (χ4n) is 2.04. The summed E-state index contributed by atoms with van der Waals surface area (Å²) in [6, 6.07) is -0.200. The molecule has 1 aliphatic carbocycles. The molecule has 1 fully saturated rings. The van der Waals surface area contributed by atoms with Crippen LogP contribution in [0.5, 0.6) is 0 Å². The van der Waals surface area contributed by atoms with Crippen molar-refractivity contribution in [2.24, 2.45) is 0 Å². The number of thioether (sulfide) groups is 2. The third-order valence-electron chi connectivity index (χ3n) is 3.14. The number of nitrogens with zero attached hydrogens (tertiary/aromatic N) is 2. The summed E-state index contributed by atoms with van der Waals surface area (Å²) in [5.74, 6) is -0.309. The molecule has 1 aliphatic rings. The molecule has 2 rings (SSSR count). The van der Waals surface area contributed by atoms with Crippen molar-refractivity contribution in [1.29, 1.82) is 0 Å². The summed E-state index contributed by atoms with van der Waals surface area (Å²) in [4.78, 5) is 23.7. The highest BCUT2D eigenvalue weighted by Gasteiger charge is 2.22. The van der Waals surface area contributed by atoms with Gasteiger partial charge in [0, 0.05) is 6.04 Å². The molecule has 116 valence electrons. The number of hydrogen-bond donors (Lipinski definition) is 2. The van der Waals surface area contributed by atoms with Crippen LogP contribution in [0.3, 0.4) is 0 Å². The second kappa shape index (κ2) is 8.00. The SMILES string of the molecule is CSc1nnc(S[C@@H](C)C(=O)NC(=O)NC2CCCC2)s1. The zero-order chi connectivity index (χ0) is 15.2. The van der Waals surface area contributed by atoms with E-state index in [1.54, 1.807) is 6.92 Å². The monoisotopic (exact) mass is 346 g/mol. The highest BCUT2D eigenvalue weighted by Crippen LogP contribution is 2.30. The highest BCUT2D eigenvalue weighted by molar-refractivity contribution is 8.03. The molecule has 1 aromatic rings. The van der Waals surface area contributed by atoms with Crippen LogP contribution in [0.1, 0.15) is 32.6 Å². The maximum Gasteiger partial charge on any atom is 0.321 e. The summed E-state index contributed by atoms with van der Waals surface area (Å²) >= 11 is 4.28. The first-order valence-electron chi connectivity index (χ1n) is 6.74. The van der Waals surface area contributed by atoms with Crippen molar-refractivity contribution >= 4 is 46.8 Å². The quantitative estimate of drug-likeness (QED) is 0.797. The number of carbonyl (C=O) groups is 2. The van der Waals surface area contributed by atoms with E-state index in [0.29, 0.717) is 0 Å². The molecule has 0 spiro atoms. The predicted octanol–water partition coefficient (Wildman–Crippen LogP) is 2.51. The largest absolute Gasteiger partial charge is 0.335 e. The van der Waals surface area contributed by atoms with Gasteiger partial charge in [-0.15, -0.1) is 10.2 Å². The average Bonchev–Trinajstić information content (AvgIpc) is 3.09. The molecule has 2 N–H and O–H groups in total. The third-order valence-corrected chi connectivity index (χ3v) is 6.22. The molecule has 1 aromatic heterocycles. The van der Waals surface area contributed by atoms with Crippen LogP contribution in [0.25, 0.3) is 0 Å². The number of imide groups is 1. The summed E-state index contributed by atoms with van der Waals surface area (Å²) in [6.45, 7) is 1.75. The number of hydrogen-bond acceptors (Lipinski definition) is 7. The van der Waals surface area contributed by atoms with Gasteiger partial charge in [-0.1, -0.05) is 47.7 Å². The number of nitrogens with one attached hydrogen (secondary N) is 2. The van der Waals surface area contributed by atoms with Crippen LogP contribution in [-0.4, -0.2) is 39.7 Å². The lowest BCUT2D eigenvalue weighted by Crippen LogP contribution is -2.45. The molecular weight excluding hydrogens is 328 g/mol. The van der Waals surface area contributed by atoms with Crippen molar-refractivity contribution in [2.75, 3.05) is 6.26 Å². The van der Waals surface area contributed by atoms with Crippen LogP contribution in [0.15, 0.2) is 8.68 Å². The Balaban J connectivity index is 1.77. The number of carbonyl (C=O) groups excluding carboxylic acids is 2. The highest BCUT2D eigenvalue weighted by atomic mass is 32.2. The molecule has 1 atom stereocenters. The maximum absolute atomic E-state index is 12.0. The fourth-order valence-corrected chi connectivity index (χ4v) is 4.62. The minimum absolute atomic E-state index is 0.202. The molecule has 0 bridgehead atoms. The summed E-state index contributed by atoms with van der Waals surface area (Å²) in [6.07, 6.45) is 6.20. The molecule has 0 aromatic carbocycles. The van der Waals surface area contributed by atoms with Crippen LogP contribution in [0.4, 0.5) is 4.79 Å². The van der Waals surface area contributed by atoms with Crippen LogP contribution in [0.2, 0.25) is 0 Å². The summed E-state index contributed by atoms with van der Waals surface area (Å²) in [5, 5.41) is 12.8. The molecule has 21 heavy (non-hydrogen) atoms. The predicted molar refractivity (Wildman–Crippen MR) is 85.9 cm³/mol. The Hall–Kier alpha value is -0.800. The van der Waals surface area contributed by atoms with Gasteiger partial charge in [0.25, 0.3) is 0 Å². The Morgan fingerprint density at radius 1 is 1.29 bits per heavy atom. The van der Waals surface area contributed by atoms with Gasteiger partial charge < -0.3 is 5.32 Å². The zero-order valence-corrected chi connectivity index (χ0v) is 14.4. The van der Waals surface area contributed by atoms with Crippen molar-refractivity contribution in [3.8, 4) is 0 Å². The Labute approximate surface area is 136 Å². The van der Waals surface area contributed by atoms with Gasteiger partial charge in [-0.2, -0.15) is 0 Å². The van der Waals surface area contributed by atoms with Crippen LogP contribution in [0, 0.1) is 0 Å². The lowest BCUT2D eigenvalue weighted by molar-refractivity contribution is -0.119. The topological polar surface area (TPSA) is 84.0 Å². The first-order valence-corrected chi connectivity index (χ1v) is 9.66. The second-order valence-corrected chi connectivity index (χ2v) is 8.36. The average molecular weight is 347 g/mol. The van der Waals surface area contributed by atoms with E-state index in [1.807, 2.05) is 6.26 Å². The number of aromatic nitrogens is 2. The van der Waals surface area contributed by atoms with E-state index in [9.17, 15) is 9.59 Å². The molecule has 0 aliphatic heterocycles. The molecule has 0 radical (unpaired) electrons. The molecule has 0 unspecified atom stereocenters. The summed E-state index contributed by atoms with van der Waals surface area (Å²) < 4.78 is 1.60. The molecular formula is C12H18N4O2S3. The second-order valence-electron chi connectivity index (χ2n) is 4.74. The normalized spacial score (nSPS) is 16.7. The number of rotatable bonds is 5. The van der Waals surface area contributed by atoms with E-state index < -0.39 is 6.03 Å². The van der Waals surface area contributed by atoms with Gasteiger partial charge in [0.2, 0.25) is 5.91 Å². The molecule has 1 heterocycles. The minimum atomic E-state index is -0.401. The van der Waals surface area contributed by atoms with Gasteiger partial charge in [-0.3, -0.25) is 10.1 Å². The first kappa shape index (κ1) is 16.6. The van der Waals surface area contributed by atoms with Gasteiger partial charge in [0.1, 0.15) is 0 Å². The lowest BCUT2D eigenvalue weighted by Gasteiger charge is -2.14. The Morgan fingerprint density at radius 2 is 1.95 bits per heavy atom. The van der Waals surface area contributed by atoms with Crippen molar-refractivity contribution < 1.29 is 9.59 Å². The lowest BCUT2D eigenvalue weighted by atomic mass is 10.2. The van der Waals surface area contributed by atoms with E-state index in [1.165, 1.54) is 34.9 Å². The van der Waals surface area contributed by atoms with Crippen molar-refractivity contribution in [1.82, 2.24) is 20.8 Å². The van der Waals surface area contributed by atoms with Gasteiger partial charge in [0.05, 0.1) is 5.25 Å². The van der Waals surface area contributed by atoms with Crippen molar-refractivity contribution in [2.45, 2.75) is 52.6 Å². The van der Waals surface area contributed by atoms with E-state index >= 15 is 0 Å². The fraction of sp³-hybridized carbons (Fsp3) is 0.667. The standard InChI is InChI=1S/C12H18N4O2S3/c1-7(20-12-16-15-11(19-2)21-12)9(17)14-10(18)13-8-5-3-4-6-8/h7-8H,3-6H2,1-2H3,(H2,13,14,17,18)/t7-/m0/s1. The van der Waals surface area contributed by atoms with Gasteiger partial charge in [-0.25, -0.2) is 4.79 Å². The van der Waals surface area contributed by atoms with Crippen molar-refractivity contribution in [3.05, 3.63) is 0 Å². The minimum Gasteiger partial charge on any atom is -0.335 e. The van der Waals surface area contributed by atoms with Gasteiger partial charge in [-0.05, 0) is 26.0 Å². The molecule has 9 heteroatoms. The number of urea groups is 1. The first-order chi connectivity index (χ1) is 10.1. The van der Waals surface area contributed by atoms with Crippen molar-refractivity contribution in [3.63, 3.8) is 0 Å². The molecule has 1 saturated carbocycles. The Morgan fingerprint density at radius 3 is 2.57 bits per heavy atom. The smallest absolute Gasteiger partial charge is 0.321 e. The zero-order valence-electron chi connectivity index (χ0n) is 11.9. The van der Waals surface area contributed by atoms with Gasteiger partial charge in [0.15, 0.2) is 8.68 Å². The van der Waals surface area contributed by atoms with Gasteiger partial charge >= 0.3 is 6.03 Å². The number of amides is 3. The van der Waals surface area contributed by atoms with Crippen LogP contribution < -0.4 is 10.6 Å². The Bertz CT molecular complexity index is 502. The summed E-state index contributed by atoms with van der Waals surface area (Å²) in [7, 11) is 0. The third kappa shape index (κ3) is 5.15. The Kier molecular flexibility index (Phi) is 6.31. The summed E-state index contributed by atoms with van der Waals surface area (Å²) in [5.41, 5.74) is 0. The van der Waals surface area contributed by atoms with E-state index in [-0.39, 0.29) is 17.2 Å². The van der Waals surface area contributed by atoms with E-state index in [2.05, 4.69) is 20.8 Å². The van der Waals surface area contributed by atoms with E-state index in [0.717, 1.165) is 34.4 Å². The molecule has 6 nitrogen and oxygen atoms in total. The molecule has 3 amide bonds. The van der Waals surface area contributed by atoms with Crippen LogP contribution >= 0.6 is 34.9 Å². The van der Waals surface area contributed by atoms with Crippen LogP contribution in [-0.2, 0) is 4.79 Å².